The summed E-state index contributed by atoms with van der Waals surface area (Å²) in [6.07, 6.45) is 2.65. The molecular weight excluding hydrogens is 486 g/mol. The highest BCUT2D eigenvalue weighted by atomic mass is 127. The lowest BCUT2D eigenvalue weighted by molar-refractivity contribution is 0.281. The molecule has 3 rings (SSSR count). The van der Waals surface area contributed by atoms with Crippen LogP contribution in [-0.2, 0) is 6.42 Å². The Balaban J connectivity index is 0.00000300. The molecule has 1 aromatic carbocycles. The molecule has 2 aromatic heterocycles. The first-order valence-corrected chi connectivity index (χ1v) is 9.34. The Labute approximate surface area is 187 Å². The van der Waals surface area contributed by atoms with Crippen molar-refractivity contribution in [2.24, 2.45) is 4.99 Å². The molecule has 1 N–H and O–H groups in total. The van der Waals surface area contributed by atoms with Crippen LogP contribution < -0.4 is 10.1 Å². The molecule has 0 aliphatic rings. The molecule has 0 spiro atoms. The van der Waals surface area contributed by atoms with Crippen LogP contribution >= 0.6 is 24.0 Å². The van der Waals surface area contributed by atoms with Gasteiger partial charge in [0.05, 0.1) is 6.54 Å². The van der Waals surface area contributed by atoms with E-state index in [4.69, 9.17) is 4.74 Å². The van der Waals surface area contributed by atoms with Crippen LogP contribution in [0.4, 0.5) is 4.39 Å². The van der Waals surface area contributed by atoms with Crippen LogP contribution in [0.3, 0.4) is 0 Å². The number of halogens is 2. The summed E-state index contributed by atoms with van der Waals surface area (Å²) in [4.78, 5) is 6.69. The van der Waals surface area contributed by atoms with Gasteiger partial charge in [-0.1, -0.05) is 6.07 Å². The molecule has 0 unspecified atom stereocenters. The van der Waals surface area contributed by atoms with E-state index in [0.29, 0.717) is 31.9 Å². The van der Waals surface area contributed by atoms with E-state index in [2.05, 4.69) is 20.5 Å². The van der Waals surface area contributed by atoms with Gasteiger partial charge in [0.25, 0.3) is 0 Å². The standard InChI is InChI=1S/C20H25FN6O.HI/c1-3-22-20(26(2)14-15-28-17-9-7-16(21)8-10-17)23-12-11-19-25-24-18-6-4-5-13-27(18)19;/h4-10,13H,3,11-12,14-15H2,1-2H3,(H,22,23);1H. The maximum absolute atomic E-state index is 12.9. The molecular formula is C20H26FIN6O. The number of rotatable bonds is 8. The fourth-order valence-electron chi connectivity index (χ4n) is 2.73. The number of guanidine groups is 1. The van der Waals surface area contributed by atoms with Gasteiger partial charge in [-0.2, -0.15) is 0 Å². The maximum atomic E-state index is 12.9. The molecule has 0 atom stereocenters. The molecule has 29 heavy (non-hydrogen) atoms. The van der Waals surface area contributed by atoms with Crippen molar-refractivity contribution >= 4 is 35.6 Å². The number of hydrogen-bond acceptors (Lipinski definition) is 4. The Hall–Kier alpha value is -2.43. The Morgan fingerprint density at radius 1 is 1.21 bits per heavy atom. The first-order valence-electron chi connectivity index (χ1n) is 9.34. The summed E-state index contributed by atoms with van der Waals surface area (Å²) < 4.78 is 20.6. The van der Waals surface area contributed by atoms with E-state index in [-0.39, 0.29) is 29.8 Å². The number of nitrogens with one attached hydrogen (secondary N) is 1. The normalized spacial score (nSPS) is 11.2. The van der Waals surface area contributed by atoms with Gasteiger partial charge in [0, 0.05) is 32.8 Å². The summed E-state index contributed by atoms with van der Waals surface area (Å²) in [6, 6.07) is 11.9. The number of ether oxygens (including phenoxy) is 1. The van der Waals surface area contributed by atoms with Crippen LogP contribution in [0.25, 0.3) is 5.65 Å². The second kappa shape index (κ2) is 11.5. The summed E-state index contributed by atoms with van der Waals surface area (Å²) in [6.45, 7) is 4.53. The minimum atomic E-state index is -0.272. The predicted molar refractivity (Wildman–Crippen MR) is 123 cm³/mol. The van der Waals surface area contributed by atoms with Gasteiger partial charge in [0.15, 0.2) is 11.6 Å². The smallest absolute Gasteiger partial charge is 0.193 e. The molecule has 0 aliphatic carbocycles. The van der Waals surface area contributed by atoms with Crippen molar-refractivity contribution in [1.29, 1.82) is 0 Å². The second-order valence-electron chi connectivity index (χ2n) is 6.25. The zero-order valence-electron chi connectivity index (χ0n) is 16.6. The molecule has 156 valence electrons. The number of aromatic nitrogens is 3. The minimum Gasteiger partial charge on any atom is -0.492 e. The topological polar surface area (TPSA) is 67.0 Å². The predicted octanol–water partition coefficient (Wildman–Crippen LogP) is 3.01. The van der Waals surface area contributed by atoms with Gasteiger partial charge >= 0.3 is 0 Å². The van der Waals surface area contributed by atoms with Crippen LogP contribution in [0.15, 0.2) is 53.7 Å². The van der Waals surface area contributed by atoms with Crippen LogP contribution in [-0.4, -0.2) is 58.7 Å². The molecule has 0 amide bonds. The second-order valence-corrected chi connectivity index (χ2v) is 6.25. The van der Waals surface area contributed by atoms with Crippen LogP contribution in [0.5, 0.6) is 5.75 Å². The quantitative estimate of drug-likeness (QED) is 0.286. The molecule has 7 nitrogen and oxygen atoms in total. The third-order valence-corrected chi connectivity index (χ3v) is 4.19. The minimum absolute atomic E-state index is 0. The van der Waals surface area contributed by atoms with Gasteiger partial charge < -0.3 is 15.0 Å². The first kappa shape index (κ1) is 22.9. The number of nitrogens with zero attached hydrogens (tertiary/aromatic N) is 5. The number of pyridine rings is 1. The van der Waals surface area contributed by atoms with Gasteiger partial charge in [-0.3, -0.25) is 9.39 Å². The highest BCUT2D eigenvalue weighted by Gasteiger charge is 2.07. The van der Waals surface area contributed by atoms with E-state index >= 15 is 0 Å². The summed E-state index contributed by atoms with van der Waals surface area (Å²) in [5.74, 6) is 2.07. The van der Waals surface area contributed by atoms with Gasteiger partial charge in [0.2, 0.25) is 0 Å². The Kier molecular flexibility index (Phi) is 9.10. The largest absolute Gasteiger partial charge is 0.492 e. The van der Waals surface area contributed by atoms with E-state index in [1.165, 1.54) is 12.1 Å². The molecule has 0 radical (unpaired) electrons. The first-order chi connectivity index (χ1) is 13.7. The lowest BCUT2D eigenvalue weighted by Crippen LogP contribution is -2.41. The highest BCUT2D eigenvalue weighted by Crippen LogP contribution is 2.10. The number of aliphatic imine (C=N–C) groups is 1. The third kappa shape index (κ3) is 6.55. The summed E-state index contributed by atoms with van der Waals surface area (Å²) in [7, 11) is 1.96. The van der Waals surface area contributed by atoms with Gasteiger partial charge in [-0.05, 0) is 43.3 Å². The summed E-state index contributed by atoms with van der Waals surface area (Å²) >= 11 is 0. The van der Waals surface area contributed by atoms with E-state index < -0.39 is 0 Å². The Bertz CT molecular complexity index is 915. The number of likely N-dealkylation sites (N-methyl/N-ethyl adjacent to an activating group) is 1. The Morgan fingerprint density at radius 3 is 2.76 bits per heavy atom. The zero-order valence-corrected chi connectivity index (χ0v) is 18.9. The summed E-state index contributed by atoms with van der Waals surface area (Å²) in [5.41, 5.74) is 0.837. The van der Waals surface area contributed by atoms with Crippen molar-refractivity contribution in [3.63, 3.8) is 0 Å². The van der Waals surface area contributed by atoms with E-state index in [0.717, 1.165) is 24.0 Å². The lowest BCUT2D eigenvalue weighted by Gasteiger charge is -2.22. The van der Waals surface area contributed by atoms with E-state index in [9.17, 15) is 4.39 Å². The monoisotopic (exact) mass is 512 g/mol. The fraction of sp³-hybridized carbons (Fsp3) is 0.350. The van der Waals surface area contributed by atoms with Crippen molar-refractivity contribution in [2.75, 3.05) is 33.3 Å². The van der Waals surface area contributed by atoms with Crippen LogP contribution in [0.2, 0.25) is 0 Å². The Morgan fingerprint density at radius 2 is 2.00 bits per heavy atom. The van der Waals surface area contributed by atoms with Crippen molar-refractivity contribution in [1.82, 2.24) is 24.8 Å². The average Bonchev–Trinajstić information content (AvgIpc) is 3.12. The highest BCUT2D eigenvalue weighted by molar-refractivity contribution is 14.0. The van der Waals surface area contributed by atoms with E-state index in [1.54, 1.807) is 12.1 Å². The number of hydrogen-bond donors (Lipinski definition) is 1. The SMILES string of the molecule is CCNC(=NCCc1nnc2ccccn12)N(C)CCOc1ccc(F)cc1.I. The molecule has 9 heteroatoms. The lowest BCUT2D eigenvalue weighted by atomic mass is 10.3. The van der Waals surface area contributed by atoms with Gasteiger partial charge in [-0.15, -0.1) is 34.2 Å². The van der Waals surface area contributed by atoms with Crippen molar-refractivity contribution in [2.45, 2.75) is 13.3 Å². The van der Waals surface area contributed by atoms with Crippen molar-refractivity contribution in [3.05, 3.63) is 60.3 Å². The average molecular weight is 512 g/mol. The van der Waals surface area contributed by atoms with Crippen molar-refractivity contribution in [3.8, 4) is 5.75 Å². The van der Waals surface area contributed by atoms with Gasteiger partial charge in [-0.25, -0.2) is 4.39 Å². The summed E-state index contributed by atoms with van der Waals surface area (Å²) in [5, 5.41) is 11.7. The molecule has 0 fully saturated rings. The van der Waals surface area contributed by atoms with Crippen LogP contribution in [0, 0.1) is 5.82 Å². The van der Waals surface area contributed by atoms with Crippen LogP contribution in [0.1, 0.15) is 12.7 Å². The zero-order chi connectivity index (χ0) is 19.8. The molecule has 0 aliphatic heterocycles. The fourth-order valence-corrected chi connectivity index (χ4v) is 2.73. The molecule has 0 bridgehead atoms. The number of fused-ring (bicyclic) bond motifs is 1. The molecule has 0 saturated carbocycles. The third-order valence-electron chi connectivity index (χ3n) is 4.19. The molecule has 2 heterocycles. The number of benzene rings is 1. The van der Waals surface area contributed by atoms with Gasteiger partial charge in [0.1, 0.15) is 24.0 Å². The molecule has 3 aromatic rings. The molecule has 0 saturated heterocycles. The van der Waals surface area contributed by atoms with Crippen molar-refractivity contribution < 1.29 is 9.13 Å². The van der Waals surface area contributed by atoms with E-state index in [1.807, 2.05) is 47.7 Å². The maximum Gasteiger partial charge on any atom is 0.193 e.